The highest BCUT2D eigenvalue weighted by atomic mass is 32.2. The van der Waals surface area contributed by atoms with Gasteiger partial charge in [-0.15, -0.1) is 0 Å². The van der Waals surface area contributed by atoms with Crippen molar-refractivity contribution in [1.82, 2.24) is 43.2 Å². The van der Waals surface area contributed by atoms with Crippen LogP contribution < -0.4 is 21.3 Å². The number of hydrogen-bond donors (Lipinski definition) is 4. The van der Waals surface area contributed by atoms with E-state index in [9.17, 15) is 27.6 Å². The Balaban J connectivity index is 0.000000148. The molecule has 9 fully saturated rings. The average Bonchev–Trinajstić information content (AvgIpc) is 1.60. The van der Waals surface area contributed by atoms with Crippen LogP contribution >= 0.6 is 0 Å². The summed E-state index contributed by atoms with van der Waals surface area (Å²) in [6.45, 7) is 68.5. The molecule has 4 aliphatic carbocycles. The van der Waals surface area contributed by atoms with Gasteiger partial charge in [0.1, 0.15) is 0 Å². The highest BCUT2D eigenvalue weighted by Crippen LogP contribution is 2.49. The zero-order valence-electron chi connectivity index (χ0n) is 90.2. The van der Waals surface area contributed by atoms with Crippen LogP contribution in [0.4, 0.5) is 0 Å². The van der Waals surface area contributed by atoms with Crippen LogP contribution in [0.3, 0.4) is 0 Å². The van der Waals surface area contributed by atoms with Gasteiger partial charge in [0.2, 0.25) is 0 Å². The van der Waals surface area contributed by atoms with Crippen molar-refractivity contribution in [3.8, 4) is 45.0 Å². The van der Waals surface area contributed by atoms with Gasteiger partial charge in [-0.05, 0) is 287 Å². The Morgan fingerprint density at radius 2 is 0.633 bits per heavy atom. The van der Waals surface area contributed by atoms with Crippen LogP contribution in [0.2, 0.25) is 0 Å². The van der Waals surface area contributed by atoms with Crippen LogP contribution in [0, 0.1) is 63.7 Å². The van der Waals surface area contributed by atoms with Crippen LogP contribution in [0.1, 0.15) is 383 Å². The molecule has 1 spiro atoms. The fourth-order valence-electron chi connectivity index (χ4n) is 21.8. The molecule has 8 aromatic rings. The lowest BCUT2D eigenvalue weighted by atomic mass is 9.79. The van der Waals surface area contributed by atoms with E-state index in [1.165, 1.54) is 174 Å². The predicted octanol–water partition coefficient (Wildman–Crippen LogP) is 25.1. The van der Waals surface area contributed by atoms with E-state index in [1.807, 2.05) is 0 Å². The molecule has 4 amide bonds. The first kappa shape index (κ1) is 106. The third kappa shape index (κ3) is 25.5. The maximum atomic E-state index is 14.4. The Kier molecular flexibility index (Phi) is 32.5. The third-order valence-electron chi connectivity index (χ3n) is 31.9. The van der Waals surface area contributed by atoms with Crippen LogP contribution in [-0.4, -0.2) is 144 Å². The average molecular weight is 1920 g/mol. The summed E-state index contributed by atoms with van der Waals surface area (Å²) in [4.78, 5) is 52.9. The van der Waals surface area contributed by atoms with Crippen molar-refractivity contribution < 1.29 is 46.5 Å². The molecule has 5 saturated heterocycles. The molecule has 9 heterocycles. The molecule has 9 aliphatic rings. The lowest BCUT2D eigenvalue weighted by Crippen LogP contribution is -2.48. The second-order valence-electron chi connectivity index (χ2n) is 50.7. The van der Waals surface area contributed by atoms with Gasteiger partial charge in [0.25, 0.3) is 23.6 Å². The van der Waals surface area contributed by atoms with Gasteiger partial charge in [-0.25, -0.2) is 3.97 Å². The monoisotopic (exact) mass is 1920 g/mol. The Bertz CT molecular complexity index is 5700. The Labute approximate surface area is 835 Å². The fraction of sp³-hybridized carbons (Fsp3) is 0.630. The van der Waals surface area contributed by atoms with E-state index < -0.39 is 10.2 Å². The van der Waals surface area contributed by atoms with E-state index in [2.05, 4.69) is 306 Å². The fourth-order valence-corrected chi connectivity index (χ4v) is 23.6. The van der Waals surface area contributed by atoms with Crippen LogP contribution in [0.25, 0.3) is 45.0 Å². The van der Waals surface area contributed by atoms with E-state index in [-0.39, 0.29) is 91.1 Å². The molecule has 0 radical (unpaired) electrons. The van der Waals surface area contributed by atoms with Gasteiger partial charge in [-0.1, -0.05) is 253 Å². The minimum absolute atomic E-state index is 0.0229. The van der Waals surface area contributed by atoms with E-state index in [4.69, 9.17) is 18.9 Å². The van der Waals surface area contributed by atoms with Crippen LogP contribution in [-0.2, 0) is 86.7 Å². The van der Waals surface area contributed by atoms with Crippen molar-refractivity contribution in [2.45, 2.75) is 391 Å². The number of carbonyl (C=O) groups is 4. The number of nitrogens with zero attached hydrogens (tertiary/aromatic N) is 5. The number of aromatic nitrogens is 4. The molecule has 760 valence electrons. The van der Waals surface area contributed by atoms with Crippen molar-refractivity contribution in [1.29, 1.82) is 0 Å². The van der Waals surface area contributed by atoms with Crippen LogP contribution in [0.15, 0.2) is 97.1 Å². The standard InChI is InChI=1S/C31H45N3O4S.C31H46N2O2.C30H44N2O2.C27H38N2O2/c1-21-26(28(35)32-25-18-38-19-25)17-27(22-14-23(29(2,3)4)16-24(15-22)30(5,6)7)34(21)39(36,37)33-13-12-31(20-33)10-8-9-11-31;1-20-9-11-22(12-10-20)17-33-21(2)27(29(34)32-26-18-35-19-26)16-28(33)23-13-24(30(3,4)5)15-25(14-23)31(6,7)8;1-20-26(28(33)31-25-18-34-19-25)17-27(32(20)13-12-21-10-8-9-11-21)22-14-23(29(2,3)4)16-24(15-22)30(5,6)7;1-18-11-21(13-22(12-18)27(3,4)5)25-14-24(26(30)28-23-16-31-17-23)19(2)29(25)15-20-9-7-6-8-10-20/h14-17,25H,8-13,18-20H2,1-7H3,(H,32,35);13-16,20,22,26H,9-12,17-19H2,1-8H3,(H,32,34);14-17,21,25H,8-13,18-19H2,1-7H3,(H,31,33);11-14,20,23H,6-10,15-17H2,1-5H3,(H,28,30). The minimum Gasteiger partial charge on any atom is -0.377 e. The number of rotatable bonds is 21. The second-order valence-corrected chi connectivity index (χ2v) is 52.5. The third-order valence-corrected chi connectivity index (χ3v) is 33.8. The largest absolute Gasteiger partial charge is 0.377 e. The Morgan fingerprint density at radius 3 is 0.978 bits per heavy atom. The first-order valence-electron chi connectivity index (χ1n) is 53.1. The molecule has 20 heteroatoms. The van der Waals surface area contributed by atoms with Gasteiger partial charge in [0.15, 0.2) is 0 Å². The number of amides is 4. The zero-order valence-corrected chi connectivity index (χ0v) is 91.0. The molecule has 4 N–H and O–H groups in total. The first-order chi connectivity index (χ1) is 65.1. The summed E-state index contributed by atoms with van der Waals surface area (Å²) in [5.41, 5.74) is 25.4. The quantitative estimate of drug-likeness (QED) is 0.0535. The number of hydrogen-bond acceptors (Lipinski definition) is 10. The summed E-state index contributed by atoms with van der Waals surface area (Å²) in [5.74, 6) is 2.82. The van der Waals surface area contributed by atoms with Gasteiger partial charge in [0.05, 0.1) is 105 Å². The normalized spacial score (nSPS) is 19.6. The Morgan fingerprint density at radius 1 is 0.338 bits per heavy atom. The molecule has 17 rings (SSSR count). The smallest absolute Gasteiger partial charge is 0.308 e. The number of carbonyl (C=O) groups excluding carboxylic acids is 4. The van der Waals surface area contributed by atoms with Crippen molar-refractivity contribution in [2.24, 2.45) is 29.1 Å². The molecule has 19 nitrogen and oxygen atoms in total. The minimum atomic E-state index is -3.90. The Hall–Kier alpha value is -8.37. The summed E-state index contributed by atoms with van der Waals surface area (Å²) in [6, 6.07) is 36.0. The summed E-state index contributed by atoms with van der Waals surface area (Å²) in [7, 11) is -3.90. The zero-order chi connectivity index (χ0) is 101. The topological polar surface area (TPSA) is 210 Å². The molecule has 0 atom stereocenters. The molecule has 5 aliphatic heterocycles. The van der Waals surface area contributed by atoms with Gasteiger partial charge in [-0.2, -0.15) is 12.7 Å². The summed E-state index contributed by atoms with van der Waals surface area (Å²) in [5, 5.41) is 12.5. The molecular formula is C119H173N9O10S. The van der Waals surface area contributed by atoms with E-state index in [0.717, 1.165) is 101 Å². The molecule has 0 bridgehead atoms. The van der Waals surface area contributed by atoms with E-state index in [1.54, 1.807) is 17.3 Å². The summed E-state index contributed by atoms with van der Waals surface area (Å²) >= 11 is 0. The summed E-state index contributed by atoms with van der Waals surface area (Å²) < 4.78 is 60.2. The maximum absolute atomic E-state index is 14.4. The lowest BCUT2D eigenvalue weighted by molar-refractivity contribution is -0.00348. The number of nitrogens with one attached hydrogen (secondary N) is 4. The number of benzene rings is 4. The molecule has 4 aromatic heterocycles. The SMILES string of the molecule is Cc1c(C(=O)NC2COC2)cc(-c2cc(C(C)(C)C)cc(C(C)(C)C)c2)n1CC1CCC(C)CC1.Cc1c(C(=O)NC2COC2)cc(-c2cc(C(C)(C)C)cc(C(C)(C)C)c2)n1CCC1CCCC1.Cc1c(C(=O)NC2COC2)cc(-c2cc(C(C)(C)C)cc(C(C)(C)C)c2)n1S(=O)(=O)N1CCC2(CCCC2)C1.Cc1cc(-c2cc(C(=O)NC3COC3)c(C)n2CC2CCCCC2)cc(C(C)(C)C)c1. The number of aryl methyl sites for hydroxylation is 1. The van der Waals surface area contributed by atoms with Gasteiger partial charge >= 0.3 is 10.2 Å². The van der Waals surface area contributed by atoms with Crippen molar-refractivity contribution in [2.75, 3.05) is 65.9 Å². The summed E-state index contributed by atoms with van der Waals surface area (Å²) in [6.07, 6.45) is 23.8. The first-order valence-corrected chi connectivity index (χ1v) is 54.5. The van der Waals surface area contributed by atoms with Crippen molar-refractivity contribution >= 4 is 33.8 Å². The highest BCUT2D eigenvalue weighted by Gasteiger charge is 2.47. The lowest BCUT2D eigenvalue weighted by Gasteiger charge is -2.29. The van der Waals surface area contributed by atoms with E-state index >= 15 is 0 Å². The van der Waals surface area contributed by atoms with Crippen molar-refractivity contribution in [3.05, 3.63) is 187 Å². The highest BCUT2D eigenvalue weighted by molar-refractivity contribution is 7.87. The molecule has 139 heavy (non-hydrogen) atoms. The number of ether oxygens (including phenoxy) is 4. The molecule has 4 saturated carbocycles. The molecular weight excluding hydrogens is 1750 g/mol. The second kappa shape index (κ2) is 42.5. The van der Waals surface area contributed by atoms with Gasteiger partial charge < -0.3 is 53.9 Å². The maximum Gasteiger partial charge on any atom is 0.308 e. The van der Waals surface area contributed by atoms with Crippen molar-refractivity contribution in [3.63, 3.8) is 0 Å². The molecule has 0 unspecified atom stereocenters. The van der Waals surface area contributed by atoms with Crippen LogP contribution in [0.5, 0.6) is 0 Å². The molecule has 4 aromatic carbocycles. The predicted molar refractivity (Wildman–Crippen MR) is 568 cm³/mol. The van der Waals surface area contributed by atoms with E-state index in [0.29, 0.717) is 94.7 Å². The van der Waals surface area contributed by atoms with Gasteiger partial charge in [-0.3, -0.25) is 19.2 Å². The van der Waals surface area contributed by atoms with Gasteiger partial charge in [0, 0.05) is 72.6 Å².